The molecule has 0 aromatic heterocycles. The summed E-state index contributed by atoms with van der Waals surface area (Å²) in [5.41, 5.74) is 14.4. The van der Waals surface area contributed by atoms with Crippen LogP contribution in [0, 0.1) is 0 Å². The molecule has 0 aliphatic heterocycles. The van der Waals surface area contributed by atoms with E-state index in [4.69, 9.17) is 15.7 Å². The van der Waals surface area contributed by atoms with Gasteiger partial charge in [-0.25, -0.2) is 4.99 Å². The molecule has 0 fully saturated rings. The molecule has 0 aliphatic rings. The maximum Gasteiger partial charge on any atom is 0.158 e. The number of fused-ring (bicyclic) bond motifs is 4. The lowest BCUT2D eigenvalue weighted by atomic mass is 9.92. The van der Waals surface area contributed by atoms with E-state index in [0.29, 0.717) is 18.2 Å². The standard InChI is InChI=1S/C45H33N3/c46-44(36-16-5-2-6-17-36)48-45(43-41-21-10-8-18-38(41)29-39-27-26-35-15-7-9-20-40(35)42(39)43)47-30-31-12-11-19-37(28-31)34-24-22-33(23-25-34)32-13-3-1-4-14-32/h1-29H,30H2,(H2,46,47,48). The zero-order chi connectivity index (χ0) is 32.3. The summed E-state index contributed by atoms with van der Waals surface area (Å²) >= 11 is 0. The Labute approximate surface area is 280 Å². The van der Waals surface area contributed by atoms with Crippen LogP contribution in [0.3, 0.4) is 0 Å². The molecule has 0 aliphatic carbocycles. The Morgan fingerprint density at radius 2 is 1.04 bits per heavy atom. The van der Waals surface area contributed by atoms with E-state index in [1.807, 2.05) is 36.4 Å². The van der Waals surface area contributed by atoms with Gasteiger partial charge in [-0.3, -0.25) is 4.99 Å². The Balaban J connectivity index is 1.26. The summed E-state index contributed by atoms with van der Waals surface area (Å²) in [6.07, 6.45) is 0. The molecule has 8 aromatic carbocycles. The maximum absolute atomic E-state index is 6.73. The molecule has 8 rings (SSSR count). The predicted octanol–water partition coefficient (Wildman–Crippen LogP) is 10.8. The van der Waals surface area contributed by atoms with Crippen LogP contribution >= 0.6 is 0 Å². The first-order valence-corrected chi connectivity index (χ1v) is 16.2. The van der Waals surface area contributed by atoms with Crippen LogP contribution in [0.4, 0.5) is 0 Å². The van der Waals surface area contributed by atoms with Crippen LogP contribution < -0.4 is 5.73 Å². The minimum Gasteiger partial charge on any atom is -0.383 e. The average Bonchev–Trinajstić information content (AvgIpc) is 3.16. The third-order valence-electron chi connectivity index (χ3n) is 8.94. The van der Waals surface area contributed by atoms with Crippen LogP contribution in [0.2, 0.25) is 0 Å². The van der Waals surface area contributed by atoms with E-state index in [0.717, 1.165) is 49.2 Å². The second-order valence-electron chi connectivity index (χ2n) is 12.0. The normalized spacial score (nSPS) is 12.2. The Bertz CT molecular complexity index is 2460. The fourth-order valence-corrected chi connectivity index (χ4v) is 6.53. The van der Waals surface area contributed by atoms with Crippen LogP contribution in [0.5, 0.6) is 0 Å². The molecule has 0 saturated carbocycles. The smallest absolute Gasteiger partial charge is 0.158 e. The SMILES string of the molecule is N/C(=N\C(=N/Cc1cccc(-c2ccc(-c3ccccc3)cc2)c1)c1c2ccccc2cc2ccc3ccccc3c12)c1ccccc1. The molecule has 0 heterocycles. The first kappa shape index (κ1) is 29.1. The Morgan fingerprint density at radius 1 is 0.458 bits per heavy atom. The van der Waals surface area contributed by atoms with Crippen LogP contribution in [0.15, 0.2) is 186 Å². The number of amidine groups is 2. The fraction of sp³-hybridized carbons (Fsp3) is 0.0222. The van der Waals surface area contributed by atoms with Gasteiger partial charge in [-0.05, 0) is 66.9 Å². The van der Waals surface area contributed by atoms with Crippen LogP contribution in [-0.4, -0.2) is 11.7 Å². The highest BCUT2D eigenvalue weighted by atomic mass is 15.0. The molecule has 3 heteroatoms. The van der Waals surface area contributed by atoms with E-state index in [-0.39, 0.29) is 0 Å². The van der Waals surface area contributed by atoms with Crippen molar-refractivity contribution in [1.82, 2.24) is 0 Å². The van der Waals surface area contributed by atoms with Gasteiger partial charge in [0.2, 0.25) is 0 Å². The minimum atomic E-state index is 0.433. The van der Waals surface area contributed by atoms with E-state index in [9.17, 15) is 0 Å². The molecule has 0 atom stereocenters. The average molecular weight is 616 g/mol. The van der Waals surface area contributed by atoms with Crippen LogP contribution in [0.25, 0.3) is 54.6 Å². The summed E-state index contributed by atoms with van der Waals surface area (Å²) < 4.78 is 0. The summed E-state index contributed by atoms with van der Waals surface area (Å²) in [5.74, 6) is 1.05. The molecule has 0 bridgehead atoms. The van der Waals surface area contributed by atoms with Gasteiger partial charge in [-0.1, -0.05) is 164 Å². The number of rotatable bonds is 6. The largest absolute Gasteiger partial charge is 0.383 e. The summed E-state index contributed by atoms with van der Waals surface area (Å²) in [6.45, 7) is 0.451. The maximum atomic E-state index is 6.73. The van der Waals surface area contributed by atoms with Crippen molar-refractivity contribution < 1.29 is 0 Å². The number of nitrogens with zero attached hydrogens (tertiary/aromatic N) is 2. The van der Waals surface area contributed by atoms with Crippen molar-refractivity contribution >= 4 is 44.0 Å². The van der Waals surface area contributed by atoms with Gasteiger partial charge in [0, 0.05) is 16.5 Å². The summed E-state index contributed by atoms with van der Waals surface area (Å²) in [7, 11) is 0. The van der Waals surface area contributed by atoms with Crippen molar-refractivity contribution in [3.05, 3.63) is 193 Å². The lowest BCUT2D eigenvalue weighted by Crippen LogP contribution is -2.16. The third-order valence-corrected chi connectivity index (χ3v) is 8.94. The number of benzene rings is 8. The lowest BCUT2D eigenvalue weighted by molar-refractivity contribution is 1.06. The van der Waals surface area contributed by atoms with Gasteiger partial charge in [-0.15, -0.1) is 0 Å². The molecule has 0 radical (unpaired) electrons. The molecule has 48 heavy (non-hydrogen) atoms. The van der Waals surface area contributed by atoms with Crippen LogP contribution in [0.1, 0.15) is 16.7 Å². The monoisotopic (exact) mass is 615 g/mol. The first-order valence-electron chi connectivity index (χ1n) is 16.2. The third kappa shape index (κ3) is 5.74. The summed E-state index contributed by atoms with van der Waals surface area (Å²) in [6, 6.07) is 61.4. The van der Waals surface area contributed by atoms with E-state index < -0.39 is 0 Å². The molecule has 2 N–H and O–H groups in total. The number of aliphatic imine (C=N–C) groups is 2. The van der Waals surface area contributed by atoms with Crippen LogP contribution in [-0.2, 0) is 6.54 Å². The summed E-state index contributed by atoms with van der Waals surface area (Å²) in [4.78, 5) is 10.4. The zero-order valence-corrected chi connectivity index (χ0v) is 26.4. The molecule has 0 unspecified atom stereocenters. The van der Waals surface area contributed by atoms with E-state index in [2.05, 4.69) is 140 Å². The van der Waals surface area contributed by atoms with Gasteiger partial charge in [0.1, 0.15) is 5.84 Å². The molecular weight excluding hydrogens is 583 g/mol. The van der Waals surface area contributed by atoms with Gasteiger partial charge in [0.05, 0.1) is 6.54 Å². The second-order valence-corrected chi connectivity index (χ2v) is 12.0. The van der Waals surface area contributed by atoms with Crippen molar-refractivity contribution in [2.45, 2.75) is 6.54 Å². The van der Waals surface area contributed by atoms with Crippen molar-refractivity contribution in [3.63, 3.8) is 0 Å². The number of hydrogen-bond donors (Lipinski definition) is 1. The predicted molar refractivity (Wildman–Crippen MR) is 204 cm³/mol. The van der Waals surface area contributed by atoms with Gasteiger partial charge >= 0.3 is 0 Å². The van der Waals surface area contributed by atoms with Crippen molar-refractivity contribution in [3.8, 4) is 22.3 Å². The summed E-state index contributed by atoms with van der Waals surface area (Å²) in [5, 5.41) is 6.84. The van der Waals surface area contributed by atoms with Gasteiger partial charge in [0.15, 0.2) is 5.84 Å². The lowest BCUT2D eigenvalue weighted by Gasteiger charge is -2.15. The quantitative estimate of drug-likeness (QED) is 0.0860. The van der Waals surface area contributed by atoms with Crippen molar-refractivity contribution in [1.29, 1.82) is 0 Å². The van der Waals surface area contributed by atoms with Crippen molar-refractivity contribution in [2.75, 3.05) is 0 Å². The topological polar surface area (TPSA) is 50.7 Å². The highest BCUT2D eigenvalue weighted by Crippen LogP contribution is 2.35. The molecule has 0 amide bonds. The van der Waals surface area contributed by atoms with E-state index in [1.165, 1.54) is 22.1 Å². The Morgan fingerprint density at radius 3 is 1.81 bits per heavy atom. The molecular formula is C45H33N3. The van der Waals surface area contributed by atoms with Gasteiger partial charge in [-0.2, -0.15) is 0 Å². The Hall–Kier alpha value is -6.32. The number of hydrogen-bond acceptors (Lipinski definition) is 1. The molecule has 3 nitrogen and oxygen atoms in total. The first-order chi connectivity index (χ1) is 23.7. The highest BCUT2D eigenvalue weighted by molar-refractivity contribution is 6.28. The minimum absolute atomic E-state index is 0.433. The molecule has 0 saturated heterocycles. The Kier molecular flexibility index (Phi) is 7.77. The molecule has 228 valence electrons. The fourth-order valence-electron chi connectivity index (χ4n) is 6.53. The second kappa shape index (κ2) is 12.8. The molecule has 0 spiro atoms. The molecule has 8 aromatic rings. The van der Waals surface area contributed by atoms with E-state index in [1.54, 1.807) is 0 Å². The van der Waals surface area contributed by atoms with E-state index >= 15 is 0 Å². The van der Waals surface area contributed by atoms with Gasteiger partial charge < -0.3 is 5.73 Å². The van der Waals surface area contributed by atoms with Gasteiger partial charge in [0.25, 0.3) is 0 Å². The number of nitrogens with two attached hydrogens (primary N) is 1. The van der Waals surface area contributed by atoms with Crippen molar-refractivity contribution in [2.24, 2.45) is 15.7 Å². The zero-order valence-electron chi connectivity index (χ0n) is 26.4. The highest BCUT2D eigenvalue weighted by Gasteiger charge is 2.17.